The molecule has 9 heteroatoms. The summed E-state index contributed by atoms with van der Waals surface area (Å²) < 4.78 is 43.7. The largest absolute Gasteiger partial charge is 0.482 e. The first-order chi connectivity index (χ1) is 13.3. The lowest BCUT2D eigenvalue weighted by atomic mass is 10.2. The maximum atomic E-state index is 12.9. The van der Waals surface area contributed by atoms with Gasteiger partial charge in [0.1, 0.15) is 11.6 Å². The fourth-order valence-corrected chi connectivity index (χ4v) is 4.09. The van der Waals surface area contributed by atoms with Gasteiger partial charge in [-0.15, -0.1) is 0 Å². The predicted molar refractivity (Wildman–Crippen MR) is 100 cm³/mol. The summed E-state index contributed by atoms with van der Waals surface area (Å²) in [6.07, 6.45) is -0.233. The van der Waals surface area contributed by atoms with Gasteiger partial charge in [0, 0.05) is 13.0 Å². The lowest BCUT2D eigenvalue weighted by Crippen LogP contribution is -2.30. The number of nitrogens with one attached hydrogen (secondary N) is 2. The Hall–Kier alpha value is -2.94. The maximum absolute atomic E-state index is 12.9. The van der Waals surface area contributed by atoms with Gasteiger partial charge >= 0.3 is 0 Å². The SMILES string of the molecule is C[C@H](CC(=O)NCc1ccc(F)cc1)S(=O)(=O)c1ccc2c(c1)NC(=O)CO2. The van der Waals surface area contributed by atoms with Crippen molar-refractivity contribution in [2.45, 2.75) is 30.0 Å². The molecule has 1 aliphatic heterocycles. The van der Waals surface area contributed by atoms with Crippen LogP contribution in [0.4, 0.5) is 10.1 Å². The van der Waals surface area contributed by atoms with Crippen molar-refractivity contribution < 1.29 is 27.1 Å². The van der Waals surface area contributed by atoms with Crippen LogP contribution in [0.5, 0.6) is 5.75 Å². The van der Waals surface area contributed by atoms with Crippen LogP contribution in [0, 0.1) is 5.82 Å². The Morgan fingerprint density at radius 2 is 1.96 bits per heavy atom. The van der Waals surface area contributed by atoms with E-state index in [2.05, 4.69) is 10.6 Å². The summed E-state index contributed by atoms with van der Waals surface area (Å²) in [6.45, 7) is 1.50. The lowest BCUT2D eigenvalue weighted by molar-refractivity contribution is -0.121. The lowest BCUT2D eigenvalue weighted by Gasteiger charge is -2.19. The van der Waals surface area contributed by atoms with Crippen LogP contribution in [-0.2, 0) is 26.0 Å². The van der Waals surface area contributed by atoms with E-state index >= 15 is 0 Å². The maximum Gasteiger partial charge on any atom is 0.262 e. The molecule has 7 nitrogen and oxygen atoms in total. The molecule has 0 bridgehead atoms. The third-order valence-corrected chi connectivity index (χ3v) is 6.46. The Bertz CT molecular complexity index is 1010. The van der Waals surface area contributed by atoms with Gasteiger partial charge in [-0.1, -0.05) is 12.1 Å². The number of anilines is 1. The van der Waals surface area contributed by atoms with Crippen molar-refractivity contribution in [3.05, 3.63) is 53.8 Å². The summed E-state index contributed by atoms with van der Waals surface area (Å²) in [5, 5.41) is 4.21. The second-order valence-corrected chi connectivity index (χ2v) is 8.82. The van der Waals surface area contributed by atoms with Gasteiger partial charge in [-0.2, -0.15) is 0 Å². The number of halogens is 1. The number of rotatable bonds is 6. The van der Waals surface area contributed by atoms with E-state index < -0.39 is 21.0 Å². The molecular formula is C19H19FN2O5S. The molecule has 148 valence electrons. The molecule has 2 N–H and O–H groups in total. The zero-order valence-corrected chi connectivity index (χ0v) is 15.9. The third-order valence-electron chi connectivity index (χ3n) is 4.32. The minimum Gasteiger partial charge on any atom is -0.482 e. The van der Waals surface area contributed by atoms with Crippen molar-refractivity contribution in [3.63, 3.8) is 0 Å². The van der Waals surface area contributed by atoms with E-state index in [4.69, 9.17) is 4.74 Å². The normalized spacial score (nSPS) is 14.4. The summed E-state index contributed by atoms with van der Waals surface area (Å²) in [6, 6.07) is 9.84. The summed E-state index contributed by atoms with van der Waals surface area (Å²) in [7, 11) is -3.79. The van der Waals surface area contributed by atoms with Gasteiger partial charge in [-0.3, -0.25) is 9.59 Å². The number of carbonyl (C=O) groups is 2. The molecular weight excluding hydrogens is 387 g/mol. The van der Waals surface area contributed by atoms with Crippen molar-refractivity contribution in [1.82, 2.24) is 5.32 Å². The molecule has 2 aromatic carbocycles. The first-order valence-corrected chi connectivity index (χ1v) is 10.1. The third kappa shape index (κ3) is 4.48. The number of hydrogen-bond acceptors (Lipinski definition) is 5. The van der Waals surface area contributed by atoms with Crippen LogP contribution in [-0.4, -0.2) is 32.1 Å². The van der Waals surface area contributed by atoms with Crippen LogP contribution in [0.15, 0.2) is 47.4 Å². The zero-order valence-electron chi connectivity index (χ0n) is 15.1. The Balaban J connectivity index is 1.64. The van der Waals surface area contributed by atoms with Gasteiger partial charge in [0.15, 0.2) is 16.4 Å². The second-order valence-electron chi connectivity index (χ2n) is 6.46. The first kappa shape index (κ1) is 19.8. The van der Waals surface area contributed by atoms with Crippen molar-refractivity contribution in [1.29, 1.82) is 0 Å². The molecule has 1 aliphatic rings. The first-order valence-electron chi connectivity index (χ1n) is 8.57. The minimum atomic E-state index is -3.79. The summed E-state index contributed by atoms with van der Waals surface area (Å²) in [5.74, 6) is -0.782. The van der Waals surface area contributed by atoms with Gasteiger partial charge < -0.3 is 15.4 Å². The molecule has 0 fully saturated rings. The van der Waals surface area contributed by atoms with Gasteiger partial charge in [0.2, 0.25) is 5.91 Å². The molecule has 0 saturated heterocycles. The molecule has 1 heterocycles. The monoisotopic (exact) mass is 406 g/mol. The van der Waals surface area contributed by atoms with E-state index in [0.29, 0.717) is 11.3 Å². The van der Waals surface area contributed by atoms with E-state index in [1.807, 2.05) is 0 Å². The minimum absolute atomic E-state index is 0.00381. The van der Waals surface area contributed by atoms with Gasteiger partial charge in [-0.25, -0.2) is 12.8 Å². The van der Waals surface area contributed by atoms with Crippen molar-refractivity contribution in [2.24, 2.45) is 0 Å². The molecule has 0 aromatic heterocycles. The van der Waals surface area contributed by atoms with Gasteiger partial charge in [-0.05, 0) is 42.8 Å². The Morgan fingerprint density at radius 1 is 1.25 bits per heavy atom. The quantitative estimate of drug-likeness (QED) is 0.764. The topological polar surface area (TPSA) is 102 Å². The highest BCUT2D eigenvalue weighted by atomic mass is 32.2. The van der Waals surface area contributed by atoms with Crippen LogP contribution in [0.25, 0.3) is 0 Å². The highest BCUT2D eigenvalue weighted by Gasteiger charge is 2.27. The molecule has 0 saturated carbocycles. The van der Waals surface area contributed by atoms with Crippen LogP contribution >= 0.6 is 0 Å². The van der Waals surface area contributed by atoms with Gasteiger partial charge in [0.05, 0.1) is 15.8 Å². The standard InChI is InChI=1S/C19H19FN2O5S/c1-12(8-18(23)21-10-13-2-4-14(20)5-3-13)28(25,26)15-6-7-17-16(9-15)22-19(24)11-27-17/h2-7,9,12H,8,10-11H2,1H3,(H,21,23)(H,22,24)/t12-/m1/s1. The number of hydrogen-bond donors (Lipinski definition) is 2. The molecule has 0 radical (unpaired) electrons. The molecule has 0 spiro atoms. The average Bonchev–Trinajstić information content (AvgIpc) is 2.66. The van der Waals surface area contributed by atoms with E-state index in [-0.39, 0.29) is 41.9 Å². The van der Waals surface area contributed by atoms with Crippen molar-refractivity contribution in [2.75, 3.05) is 11.9 Å². The fourth-order valence-electron chi connectivity index (χ4n) is 2.72. The molecule has 3 rings (SSSR count). The van der Waals surface area contributed by atoms with Crippen molar-refractivity contribution in [3.8, 4) is 5.75 Å². The highest BCUT2D eigenvalue weighted by molar-refractivity contribution is 7.92. The fraction of sp³-hybridized carbons (Fsp3) is 0.263. The van der Waals surface area contributed by atoms with Crippen molar-refractivity contribution >= 4 is 27.3 Å². The number of ether oxygens (including phenoxy) is 1. The number of carbonyl (C=O) groups excluding carboxylic acids is 2. The molecule has 2 amide bonds. The smallest absolute Gasteiger partial charge is 0.262 e. The van der Waals surface area contributed by atoms with E-state index in [1.165, 1.54) is 37.3 Å². The number of sulfone groups is 1. The van der Waals surface area contributed by atoms with Crippen LogP contribution in [0.2, 0.25) is 0 Å². The number of amides is 2. The van der Waals surface area contributed by atoms with E-state index in [1.54, 1.807) is 12.1 Å². The molecule has 0 aliphatic carbocycles. The molecule has 0 unspecified atom stereocenters. The van der Waals surface area contributed by atoms with Crippen LogP contribution < -0.4 is 15.4 Å². The number of benzene rings is 2. The molecule has 1 atom stereocenters. The van der Waals surface area contributed by atoms with E-state index in [9.17, 15) is 22.4 Å². The van der Waals surface area contributed by atoms with E-state index in [0.717, 1.165) is 0 Å². The summed E-state index contributed by atoms with van der Waals surface area (Å²) >= 11 is 0. The summed E-state index contributed by atoms with van der Waals surface area (Å²) in [4.78, 5) is 23.5. The Kier molecular flexibility index (Phi) is 5.64. The van der Waals surface area contributed by atoms with Crippen LogP contribution in [0.1, 0.15) is 18.9 Å². The summed E-state index contributed by atoms with van der Waals surface area (Å²) in [5.41, 5.74) is 0.987. The Labute approximate surface area is 161 Å². The highest BCUT2D eigenvalue weighted by Crippen LogP contribution is 2.31. The predicted octanol–water partition coefficient (Wildman–Crippen LogP) is 2.03. The molecule has 28 heavy (non-hydrogen) atoms. The number of fused-ring (bicyclic) bond motifs is 1. The zero-order chi connectivity index (χ0) is 20.3. The molecule has 2 aromatic rings. The average molecular weight is 406 g/mol. The van der Waals surface area contributed by atoms with Gasteiger partial charge in [0.25, 0.3) is 5.91 Å². The second kappa shape index (κ2) is 7.97. The Morgan fingerprint density at radius 3 is 2.68 bits per heavy atom. The van der Waals surface area contributed by atoms with Crippen LogP contribution in [0.3, 0.4) is 0 Å².